The number of carbonyl (C=O) groups excluding carboxylic acids is 6. The number of likely N-dealkylation sites (tertiary alicyclic amines) is 1. The first-order chi connectivity index (χ1) is 28.4. The second-order valence-corrected chi connectivity index (χ2v) is 17.1. The van der Waals surface area contributed by atoms with Crippen LogP contribution in [0.4, 0.5) is 27.9 Å². The van der Waals surface area contributed by atoms with E-state index in [0.29, 0.717) is 67.4 Å². The molecule has 1 aromatic carbocycles. The lowest BCUT2D eigenvalue weighted by Crippen LogP contribution is -2.59. The minimum absolute atomic E-state index is 0.153. The Kier molecular flexibility index (Phi) is 12.8. The van der Waals surface area contributed by atoms with Crippen LogP contribution < -0.4 is 31.1 Å². The van der Waals surface area contributed by atoms with Gasteiger partial charge >= 0.3 is 6.03 Å². The first kappa shape index (κ1) is 43.4. The number of urea groups is 1. The SMILES string of the molecule is Cc1ccc(Nc2ncc3c(n2)N(C)C(=O)N(c2cc(C(=O)NC(C(=O)N4CCC[C@H]4C(=O)NC4(C(=O)NC(CC(C)C)C(=O)N(C)C)CC4)C(C)C)ccc2C)C3)cn1. The molecule has 0 bridgehead atoms. The number of nitrogens with one attached hydrogen (secondary N) is 4. The van der Waals surface area contributed by atoms with Gasteiger partial charge in [0.2, 0.25) is 29.6 Å². The Labute approximate surface area is 351 Å². The fourth-order valence-corrected chi connectivity index (χ4v) is 7.64. The summed E-state index contributed by atoms with van der Waals surface area (Å²) in [6.45, 7) is 11.8. The Balaban J connectivity index is 1.13. The number of carbonyl (C=O) groups is 6. The summed E-state index contributed by atoms with van der Waals surface area (Å²) in [4.78, 5) is 101. The van der Waals surface area contributed by atoms with Crippen molar-refractivity contribution >= 4 is 58.7 Å². The topological polar surface area (TPSA) is 202 Å². The second-order valence-electron chi connectivity index (χ2n) is 17.1. The highest BCUT2D eigenvalue weighted by molar-refractivity contribution is 6.07. The molecule has 4 heterocycles. The number of hydrogen-bond acceptors (Lipinski definition) is 10. The van der Waals surface area contributed by atoms with Crippen molar-refractivity contribution in [3.63, 3.8) is 0 Å². The second kappa shape index (κ2) is 17.6. The van der Waals surface area contributed by atoms with Crippen LogP contribution in [0, 0.1) is 25.7 Å². The van der Waals surface area contributed by atoms with Gasteiger partial charge in [-0.15, -0.1) is 0 Å². The van der Waals surface area contributed by atoms with E-state index in [0.717, 1.165) is 11.3 Å². The fourth-order valence-electron chi connectivity index (χ4n) is 7.64. The lowest BCUT2D eigenvalue weighted by Gasteiger charge is -2.35. The van der Waals surface area contributed by atoms with Crippen LogP contribution >= 0.6 is 0 Å². The average Bonchev–Trinajstić information content (AvgIpc) is 3.82. The van der Waals surface area contributed by atoms with Gasteiger partial charge in [-0.05, 0) is 87.6 Å². The monoisotopic (exact) mass is 823 g/mol. The van der Waals surface area contributed by atoms with Gasteiger partial charge in [0.05, 0.1) is 18.4 Å². The van der Waals surface area contributed by atoms with Crippen molar-refractivity contribution in [2.24, 2.45) is 11.8 Å². The van der Waals surface area contributed by atoms with Crippen LogP contribution in [0.3, 0.4) is 0 Å². The van der Waals surface area contributed by atoms with Gasteiger partial charge in [-0.1, -0.05) is 33.8 Å². The van der Waals surface area contributed by atoms with Gasteiger partial charge in [-0.2, -0.15) is 4.98 Å². The summed E-state index contributed by atoms with van der Waals surface area (Å²) in [7, 11) is 4.91. The Morgan fingerprint density at radius 2 is 1.70 bits per heavy atom. The van der Waals surface area contributed by atoms with E-state index in [1.807, 2.05) is 53.7 Å². The summed E-state index contributed by atoms with van der Waals surface area (Å²) in [5, 5.41) is 11.8. The Morgan fingerprint density at radius 3 is 2.33 bits per heavy atom. The largest absolute Gasteiger partial charge is 0.347 e. The van der Waals surface area contributed by atoms with Crippen molar-refractivity contribution in [1.82, 2.24) is 40.7 Å². The number of benzene rings is 1. The van der Waals surface area contributed by atoms with Crippen molar-refractivity contribution in [2.75, 3.05) is 42.8 Å². The van der Waals surface area contributed by atoms with E-state index >= 15 is 0 Å². The molecule has 320 valence electrons. The summed E-state index contributed by atoms with van der Waals surface area (Å²) in [5.74, 6) is -1.39. The van der Waals surface area contributed by atoms with Gasteiger partial charge in [0, 0.05) is 56.4 Å². The van der Waals surface area contributed by atoms with Gasteiger partial charge in [-0.3, -0.25) is 38.8 Å². The van der Waals surface area contributed by atoms with Gasteiger partial charge < -0.3 is 31.1 Å². The molecule has 0 radical (unpaired) electrons. The lowest BCUT2D eigenvalue weighted by molar-refractivity contribution is -0.142. The molecule has 1 saturated heterocycles. The number of anilines is 4. The normalized spacial score (nSPS) is 17.8. The quantitative estimate of drug-likeness (QED) is 0.185. The van der Waals surface area contributed by atoms with Crippen LogP contribution in [0.2, 0.25) is 0 Å². The molecule has 7 amide bonds. The molecule has 2 aliphatic heterocycles. The van der Waals surface area contributed by atoms with Crippen molar-refractivity contribution in [3.05, 3.63) is 65.1 Å². The smallest absolute Gasteiger partial charge is 0.330 e. The minimum atomic E-state index is -1.15. The van der Waals surface area contributed by atoms with E-state index in [4.69, 9.17) is 0 Å². The summed E-state index contributed by atoms with van der Waals surface area (Å²) in [5.41, 5.74) is 2.66. The summed E-state index contributed by atoms with van der Waals surface area (Å²) < 4.78 is 0. The van der Waals surface area contributed by atoms with E-state index in [1.165, 1.54) is 14.7 Å². The van der Waals surface area contributed by atoms with Gasteiger partial charge in [-0.25, -0.2) is 9.78 Å². The van der Waals surface area contributed by atoms with Crippen molar-refractivity contribution in [2.45, 2.75) is 104 Å². The van der Waals surface area contributed by atoms with Crippen LogP contribution in [-0.4, -0.2) is 112 Å². The molecule has 4 N–H and O–H groups in total. The van der Waals surface area contributed by atoms with Crippen molar-refractivity contribution in [3.8, 4) is 0 Å². The van der Waals surface area contributed by atoms with E-state index in [9.17, 15) is 28.8 Å². The molecular weight excluding hydrogens is 767 g/mol. The first-order valence-corrected chi connectivity index (χ1v) is 20.6. The standard InChI is InChI=1S/C43H57N11O6/c1-24(2)19-31(38(57)51(7)8)47-40(59)43(16-17-43)50-37(56)32-11-10-18-53(32)39(58)34(25(3)4)48-36(55)28-14-12-26(5)33(20-28)54-23-29-21-45-41(49-35(29)52(9)42(54)60)46-30-15-13-27(6)44-22-30/h12-15,20-22,24-25,31-32,34H,10-11,16-19,23H2,1-9H3,(H,47,59)(H,48,55)(H,50,56)(H,45,46,49)/t31?,32-,34?/m0/s1. The number of aromatic nitrogens is 3. The Morgan fingerprint density at radius 1 is 0.967 bits per heavy atom. The zero-order valence-electron chi connectivity index (χ0n) is 36.0. The highest BCUT2D eigenvalue weighted by Gasteiger charge is 2.53. The van der Waals surface area contributed by atoms with Crippen molar-refractivity contribution < 1.29 is 28.8 Å². The summed E-state index contributed by atoms with van der Waals surface area (Å²) in [6, 6.07) is 5.90. The first-order valence-electron chi connectivity index (χ1n) is 20.6. The van der Waals surface area contributed by atoms with Crippen molar-refractivity contribution in [1.29, 1.82) is 0 Å². The lowest BCUT2D eigenvalue weighted by atomic mass is 10.0. The minimum Gasteiger partial charge on any atom is -0.347 e. The Hall–Kier alpha value is -6.13. The van der Waals surface area contributed by atoms with Crippen LogP contribution in [-0.2, 0) is 25.7 Å². The molecule has 0 spiro atoms. The molecule has 17 heteroatoms. The molecule has 60 heavy (non-hydrogen) atoms. The molecule has 2 fully saturated rings. The molecule has 3 aliphatic rings. The maximum atomic E-state index is 14.2. The third-order valence-corrected chi connectivity index (χ3v) is 11.3. The highest BCUT2D eigenvalue weighted by atomic mass is 16.2. The van der Waals surface area contributed by atoms with E-state index in [-0.39, 0.29) is 35.9 Å². The van der Waals surface area contributed by atoms with Gasteiger partial charge in [0.25, 0.3) is 5.91 Å². The molecule has 6 rings (SSSR count). The molecule has 3 atom stereocenters. The number of hydrogen-bond donors (Lipinski definition) is 4. The van der Waals surface area contributed by atoms with Crippen LogP contribution in [0.25, 0.3) is 0 Å². The molecule has 17 nitrogen and oxygen atoms in total. The molecule has 2 aromatic heterocycles. The third-order valence-electron chi connectivity index (χ3n) is 11.3. The molecule has 3 aromatic rings. The summed E-state index contributed by atoms with van der Waals surface area (Å²) in [6.07, 6.45) is 5.61. The molecule has 1 aliphatic carbocycles. The number of rotatable bonds is 14. The number of aryl methyl sites for hydroxylation is 2. The molecular formula is C43H57N11O6. The number of pyridine rings is 1. The van der Waals surface area contributed by atoms with Crippen LogP contribution in [0.5, 0.6) is 0 Å². The predicted octanol–water partition coefficient (Wildman–Crippen LogP) is 3.82. The maximum Gasteiger partial charge on any atom is 0.330 e. The number of likely N-dealkylation sites (N-methyl/N-ethyl adjacent to an activating group) is 1. The van der Waals surface area contributed by atoms with Crippen LogP contribution in [0.15, 0.2) is 42.7 Å². The third kappa shape index (κ3) is 9.34. The maximum absolute atomic E-state index is 14.2. The van der Waals surface area contributed by atoms with E-state index < -0.39 is 47.3 Å². The van der Waals surface area contributed by atoms with E-state index in [2.05, 4.69) is 36.2 Å². The average molecular weight is 824 g/mol. The molecule has 1 saturated carbocycles. The number of nitrogens with zero attached hydrogens (tertiary/aromatic N) is 7. The van der Waals surface area contributed by atoms with Crippen LogP contribution in [0.1, 0.15) is 87.0 Å². The number of fused-ring (bicyclic) bond motifs is 1. The van der Waals surface area contributed by atoms with Gasteiger partial charge in [0.15, 0.2) is 0 Å². The Bertz CT molecular complexity index is 2150. The predicted molar refractivity (Wildman–Crippen MR) is 226 cm³/mol. The zero-order valence-corrected chi connectivity index (χ0v) is 36.0. The number of amides is 7. The fraction of sp³-hybridized carbons (Fsp3) is 0.512. The molecule has 2 unspecified atom stereocenters. The highest BCUT2D eigenvalue weighted by Crippen LogP contribution is 2.37. The summed E-state index contributed by atoms with van der Waals surface area (Å²) >= 11 is 0. The van der Waals surface area contributed by atoms with Gasteiger partial charge in [0.1, 0.15) is 29.5 Å². The zero-order chi connectivity index (χ0) is 43.6. The van der Waals surface area contributed by atoms with E-state index in [1.54, 1.807) is 56.6 Å².